The second kappa shape index (κ2) is 6.34. The third-order valence-corrected chi connectivity index (χ3v) is 3.71. The summed E-state index contributed by atoms with van der Waals surface area (Å²) < 4.78 is 0. The van der Waals surface area contributed by atoms with Gasteiger partial charge in [-0.05, 0) is 43.2 Å². The zero-order chi connectivity index (χ0) is 12.1. The number of rotatable bonds is 4. The Morgan fingerprint density at radius 2 is 2.06 bits per heavy atom. The molecule has 3 nitrogen and oxygen atoms in total. The minimum absolute atomic E-state index is 0.341. The van der Waals surface area contributed by atoms with E-state index in [0.717, 1.165) is 32.2 Å². The Bertz CT molecular complexity index is 334. The molecule has 0 amide bonds. The maximum absolute atomic E-state index is 9.07. The molecule has 1 heterocycles. The Hall–Kier alpha value is -0.640. The van der Waals surface area contributed by atoms with Gasteiger partial charge in [0.2, 0.25) is 0 Å². The van der Waals surface area contributed by atoms with E-state index in [1.807, 2.05) is 18.3 Å². The number of nitrogens with one attached hydrogen (secondary N) is 1. The van der Waals surface area contributed by atoms with Crippen LogP contribution in [0.3, 0.4) is 0 Å². The van der Waals surface area contributed by atoms with Gasteiger partial charge >= 0.3 is 0 Å². The van der Waals surface area contributed by atoms with Crippen LogP contribution in [0.1, 0.15) is 31.2 Å². The monoisotopic (exact) mass is 254 g/mol. The number of nitrogens with zero attached hydrogens (tertiary/aromatic N) is 1. The molecule has 1 aliphatic rings. The summed E-state index contributed by atoms with van der Waals surface area (Å²) in [6, 6.07) is 4.40. The molecule has 0 aliphatic heterocycles. The molecule has 17 heavy (non-hydrogen) atoms. The van der Waals surface area contributed by atoms with Crippen LogP contribution in [0.25, 0.3) is 0 Å². The van der Waals surface area contributed by atoms with Gasteiger partial charge in [0.05, 0.1) is 0 Å². The van der Waals surface area contributed by atoms with Gasteiger partial charge in [0.1, 0.15) is 5.15 Å². The first-order valence-corrected chi connectivity index (χ1v) is 6.60. The van der Waals surface area contributed by atoms with Crippen molar-refractivity contribution in [3.8, 4) is 0 Å². The van der Waals surface area contributed by atoms with E-state index in [2.05, 4.69) is 10.3 Å². The zero-order valence-electron chi connectivity index (χ0n) is 9.90. The first-order chi connectivity index (χ1) is 8.28. The molecule has 1 fully saturated rings. The maximum Gasteiger partial charge on any atom is 0.129 e. The Labute approximate surface area is 107 Å². The number of hydrogen-bond donors (Lipinski definition) is 2. The third kappa shape index (κ3) is 3.95. The van der Waals surface area contributed by atoms with Crippen LogP contribution in [0.5, 0.6) is 0 Å². The average Bonchev–Trinajstić information content (AvgIpc) is 2.39. The molecule has 0 radical (unpaired) electrons. The van der Waals surface area contributed by atoms with Crippen LogP contribution in [0.15, 0.2) is 18.3 Å². The summed E-state index contributed by atoms with van der Waals surface area (Å²) in [5, 5.41) is 13.1. The molecule has 4 heteroatoms. The molecular formula is C13H19ClN2O. The molecule has 1 aromatic rings. The smallest absolute Gasteiger partial charge is 0.129 e. The van der Waals surface area contributed by atoms with Crippen molar-refractivity contribution in [1.82, 2.24) is 10.3 Å². The molecular weight excluding hydrogens is 236 g/mol. The molecule has 1 aromatic heterocycles. The highest BCUT2D eigenvalue weighted by Crippen LogP contribution is 2.23. The molecule has 94 valence electrons. The van der Waals surface area contributed by atoms with E-state index < -0.39 is 0 Å². The van der Waals surface area contributed by atoms with Crippen molar-refractivity contribution in [1.29, 1.82) is 0 Å². The van der Waals surface area contributed by atoms with E-state index in [-0.39, 0.29) is 0 Å². The predicted octanol–water partition coefficient (Wildman–Crippen LogP) is 2.38. The van der Waals surface area contributed by atoms with Crippen LogP contribution in [-0.2, 0) is 6.54 Å². The lowest BCUT2D eigenvalue weighted by atomic mass is 9.86. The topological polar surface area (TPSA) is 45.1 Å². The summed E-state index contributed by atoms with van der Waals surface area (Å²) in [5.41, 5.74) is 1.17. The van der Waals surface area contributed by atoms with Crippen molar-refractivity contribution >= 4 is 11.6 Å². The summed E-state index contributed by atoms with van der Waals surface area (Å²) in [7, 11) is 0. The lowest BCUT2D eigenvalue weighted by molar-refractivity contribution is 0.175. The van der Waals surface area contributed by atoms with Crippen LogP contribution >= 0.6 is 11.6 Å². The van der Waals surface area contributed by atoms with E-state index in [1.54, 1.807) is 0 Å². The van der Waals surface area contributed by atoms with E-state index in [9.17, 15) is 0 Å². The zero-order valence-corrected chi connectivity index (χ0v) is 10.7. The lowest BCUT2D eigenvalue weighted by Gasteiger charge is -2.28. The van der Waals surface area contributed by atoms with Crippen molar-refractivity contribution in [3.05, 3.63) is 29.0 Å². The van der Waals surface area contributed by atoms with Gasteiger partial charge in [-0.25, -0.2) is 4.98 Å². The van der Waals surface area contributed by atoms with Gasteiger partial charge in [0.25, 0.3) is 0 Å². The number of aliphatic hydroxyl groups is 1. The molecule has 2 N–H and O–H groups in total. The molecule has 0 bridgehead atoms. The van der Waals surface area contributed by atoms with Crippen LogP contribution < -0.4 is 5.32 Å². The second-order valence-corrected chi connectivity index (χ2v) is 5.16. The van der Waals surface area contributed by atoms with Gasteiger partial charge in [-0.1, -0.05) is 17.7 Å². The minimum atomic E-state index is 0.341. The quantitative estimate of drug-likeness (QED) is 0.811. The first kappa shape index (κ1) is 12.8. The first-order valence-electron chi connectivity index (χ1n) is 6.22. The maximum atomic E-state index is 9.07. The summed E-state index contributed by atoms with van der Waals surface area (Å²) in [4.78, 5) is 4.06. The Balaban J connectivity index is 1.74. The van der Waals surface area contributed by atoms with Crippen molar-refractivity contribution in [3.63, 3.8) is 0 Å². The fourth-order valence-corrected chi connectivity index (χ4v) is 2.43. The highest BCUT2D eigenvalue weighted by Gasteiger charge is 2.19. The summed E-state index contributed by atoms with van der Waals surface area (Å²) >= 11 is 5.74. The summed E-state index contributed by atoms with van der Waals surface area (Å²) in [5.74, 6) is 0.519. The molecule has 0 atom stereocenters. The largest absolute Gasteiger partial charge is 0.396 e. The van der Waals surface area contributed by atoms with Gasteiger partial charge in [0, 0.05) is 25.4 Å². The van der Waals surface area contributed by atoms with Gasteiger partial charge in [-0.2, -0.15) is 0 Å². The Kier molecular flexibility index (Phi) is 4.77. The van der Waals surface area contributed by atoms with E-state index in [4.69, 9.17) is 16.7 Å². The van der Waals surface area contributed by atoms with Crippen molar-refractivity contribution < 1.29 is 5.11 Å². The van der Waals surface area contributed by atoms with Gasteiger partial charge in [0.15, 0.2) is 0 Å². The van der Waals surface area contributed by atoms with Crippen LogP contribution in [0.2, 0.25) is 5.15 Å². The molecule has 2 rings (SSSR count). The van der Waals surface area contributed by atoms with Crippen LogP contribution in [0, 0.1) is 5.92 Å². The molecule has 1 aliphatic carbocycles. The predicted molar refractivity (Wildman–Crippen MR) is 68.9 cm³/mol. The molecule has 0 unspecified atom stereocenters. The number of halogens is 1. The summed E-state index contributed by atoms with van der Waals surface area (Å²) in [6.45, 7) is 1.19. The molecule has 0 spiro atoms. The number of hydrogen-bond acceptors (Lipinski definition) is 3. The SMILES string of the molecule is OCC1CCC(NCc2ccc(Cl)nc2)CC1. The van der Waals surface area contributed by atoms with Gasteiger partial charge in [-0.3, -0.25) is 0 Å². The molecule has 0 saturated heterocycles. The molecule has 0 aromatic carbocycles. The summed E-state index contributed by atoms with van der Waals surface area (Å²) in [6.07, 6.45) is 6.40. The number of pyridine rings is 1. The van der Waals surface area contributed by atoms with Gasteiger partial charge in [-0.15, -0.1) is 0 Å². The van der Waals surface area contributed by atoms with Crippen molar-refractivity contribution in [2.24, 2.45) is 5.92 Å². The van der Waals surface area contributed by atoms with E-state index in [1.165, 1.54) is 5.56 Å². The number of aromatic nitrogens is 1. The van der Waals surface area contributed by atoms with Crippen LogP contribution in [-0.4, -0.2) is 22.7 Å². The standard InChI is InChI=1S/C13H19ClN2O/c14-13-6-3-11(8-16-13)7-15-12-4-1-10(9-17)2-5-12/h3,6,8,10,12,15,17H,1-2,4-5,7,9H2. The fourth-order valence-electron chi connectivity index (χ4n) is 2.32. The lowest BCUT2D eigenvalue weighted by Crippen LogP contribution is -2.33. The highest BCUT2D eigenvalue weighted by atomic mass is 35.5. The van der Waals surface area contributed by atoms with E-state index in [0.29, 0.717) is 23.7 Å². The number of aliphatic hydroxyl groups excluding tert-OH is 1. The van der Waals surface area contributed by atoms with E-state index >= 15 is 0 Å². The average molecular weight is 255 g/mol. The van der Waals surface area contributed by atoms with Crippen LogP contribution in [0.4, 0.5) is 0 Å². The molecule has 1 saturated carbocycles. The fraction of sp³-hybridized carbons (Fsp3) is 0.615. The Morgan fingerprint density at radius 1 is 1.29 bits per heavy atom. The van der Waals surface area contributed by atoms with Gasteiger partial charge < -0.3 is 10.4 Å². The minimum Gasteiger partial charge on any atom is -0.396 e. The normalized spacial score (nSPS) is 24.8. The highest BCUT2D eigenvalue weighted by molar-refractivity contribution is 6.29. The van der Waals surface area contributed by atoms with Crippen molar-refractivity contribution in [2.75, 3.05) is 6.61 Å². The Morgan fingerprint density at radius 3 is 2.65 bits per heavy atom. The third-order valence-electron chi connectivity index (χ3n) is 3.49. The second-order valence-electron chi connectivity index (χ2n) is 4.77. The van der Waals surface area contributed by atoms with Crippen molar-refractivity contribution in [2.45, 2.75) is 38.3 Å².